The van der Waals surface area contributed by atoms with E-state index in [2.05, 4.69) is 6.92 Å². The molecular formula is C15H22O4. The Bertz CT molecular complexity index is 399. The standard InChI is InChI=1S/C15H22O4/c1-3-5-13(17-4-2)15(16)11-6-7-12-14(10-11)19-9-8-18-12/h6-7,10,13,15-16H,3-5,8-9H2,1-2H3. The van der Waals surface area contributed by atoms with Gasteiger partial charge < -0.3 is 19.3 Å². The van der Waals surface area contributed by atoms with E-state index in [9.17, 15) is 5.11 Å². The van der Waals surface area contributed by atoms with Crippen molar-refractivity contribution in [1.82, 2.24) is 0 Å². The summed E-state index contributed by atoms with van der Waals surface area (Å²) in [6, 6.07) is 5.57. The fourth-order valence-corrected chi connectivity index (χ4v) is 2.29. The van der Waals surface area contributed by atoms with Crippen molar-refractivity contribution in [1.29, 1.82) is 0 Å². The number of aliphatic hydroxyl groups is 1. The second kappa shape index (κ2) is 6.78. The molecule has 1 aliphatic heterocycles. The molecule has 1 aromatic carbocycles. The molecule has 2 atom stereocenters. The molecule has 0 aromatic heterocycles. The molecule has 1 N–H and O–H groups in total. The van der Waals surface area contributed by atoms with Crippen molar-refractivity contribution < 1.29 is 19.3 Å². The average molecular weight is 266 g/mol. The van der Waals surface area contributed by atoms with Gasteiger partial charge >= 0.3 is 0 Å². The van der Waals surface area contributed by atoms with Crippen molar-refractivity contribution in [3.8, 4) is 11.5 Å². The van der Waals surface area contributed by atoms with Crippen LogP contribution in [0.25, 0.3) is 0 Å². The second-order valence-corrected chi connectivity index (χ2v) is 4.63. The van der Waals surface area contributed by atoms with E-state index in [1.807, 2.05) is 25.1 Å². The second-order valence-electron chi connectivity index (χ2n) is 4.63. The van der Waals surface area contributed by atoms with Gasteiger partial charge in [0.25, 0.3) is 0 Å². The molecule has 0 radical (unpaired) electrons. The lowest BCUT2D eigenvalue weighted by molar-refractivity contribution is -0.0386. The summed E-state index contributed by atoms with van der Waals surface area (Å²) in [6.45, 7) is 5.76. The third-order valence-electron chi connectivity index (χ3n) is 3.21. The summed E-state index contributed by atoms with van der Waals surface area (Å²) < 4.78 is 16.6. The SMILES string of the molecule is CCCC(OCC)C(O)c1ccc2c(c1)OCCO2. The van der Waals surface area contributed by atoms with Crippen LogP contribution in [0.15, 0.2) is 18.2 Å². The van der Waals surface area contributed by atoms with Crippen LogP contribution in [0.1, 0.15) is 38.4 Å². The lowest BCUT2D eigenvalue weighted by atomic mass is 10.0. The van der Waals surface area contributed by atoms with Gasteiger partial charge in [-0.15, -0.1) is 0 Å². The Morgan fingerprint density at radius 2 is 1.95 bits per heavy atom. The molecule has 1 heterocycles. The lowest BCUT2D eigenvalue weighted by Crippen LogP contribution is -2.23. The van der Waals surface area contributed by atoms with Crippen LogP contribution in [-0.4, -0.2) is 31.0 Å². The van der Waals surface area contributed by atoms with Gasteiger partial charge in [0, 0.05) is 6.61 Å². The minimum atomic E-state index is -0.629. The average Bonchev–Trinajstić information content (AvgIpc) is 2.46. The van der Waals surface area contributed by atoms with E-state index in [4.69, 9.17) is 14.2 Å². The van der Waals surface area contributed by atoms with Crippen LogP contribution < -0.4 is 9.47 Å². The van der Waals surface area contributed by atoms with Crippen LogP contribution >= 0.6 is 0 Å². The first kappa shape index (κ1) is 14.2. The Balaban J connectivity index is 2.15. The van der Waals surface area contributed by atoms with E-state index in [-0.39, 0.29) is 6.10 Å². The first-order valence-corrected chi connectivity index (χ1v) is 6.95. The van der Waals surface area contributed by atoms with Crippen molar-refractivity contribution in [2.75, 3.05) is 19.8 Å². The summed E-state index contributed by atoms with van der Waals surface area (Å²) >= 11 is 0. The van der Waals surface area contributed by atoms with Gasteiger partial charge in [-0.3, -0.25) is 0 Å². The van der Waals surface area contributed by atoms with Gasteiger partial charge in [0.1, 0.15) is 19.3 Å². The van der Waals surface area contributed by atoms with Crippen molar-refractivity contribution in [3.05, 3.63) is 23.8 Å². The molecule has 0 amide bonds. The Morgan fingerprint density at radius 3 is 2.63 bits per heavy atom. The van der Waals surface area contributed by atoms with Gasteiger partial charge in [-0.2, -0.15) is 0 Å². The maximum Gasteiger partial charge on any atom is 0.161 e. The van der Waals surface area contributed by atoms with Crippen LogP contribution in [0.2, 0.25) is 0 Å². The number of hydrogen-bond donors (Lipinski definition) is 1. The highest BCUT2D eigenvalue weighted by Crippen LogP contribution is 2.34. The van der Waals surface area contributed by atoms with Gasteiger partial charge in [0.05, 0.1) is 6.10 Å². The summed E-state index contributed by atoms with van der Waals surface area (Å²) in [7, 11) is 0. The van der Waals surface area contributed by atoms with E-state index in [0.717, 1.165) is 24.2 Å². The zero-order valence-corrected chi connectivity index (χ0v) is 11.6. The summed E-state index contributed by atoms with van der Waals surface area (Å²) in [6.07, 6.45) is 1.02. The molecule has 4 nitrogen and oxygen atoms in total. The van der Waals surface area contributed by atoms with E-state index in [1.165, 1.54) is 0 Å². The Morgan fingerprint density at radius 1 is 1.21 bits per heavy atom. The number of benzene rings is 1. The summed E-state index contributed by atoms with van der Waals surface area (Å²) in [5.41, 5.74) is 0.816. The maximum absolute atomic E-state index is 10.4. The molecule has 106 valence electrons. The molecule has 0 saturated heterocycles. The quantitative estimate of drug-likeness (QED) is 0.860. The smallest absolute Gasteiger partial charge is 0.161 e. The highest BCUT2D eigenvalue weighted by molar-refractivity contribution is 5.44. The Kier molecular flexibility index (Phi) is 5.05. The number of fused-ring (bicyclic) bond motifs is 1. The highest BCUT2D eigenvalue weighted by Gasteiger charge is 2.22. The van der Waals surface area contributed by atoms with Crippen molar-refractivity contribution >= 4 is 0 Å². The van der Waals surface area contributed by atoms with Crippen LogP contribution in [-0.2, 0) is 4.74 Å². The Labute approximate surface area is 114 Å². The van der Waals surface area contributed by atoms with Crippen molar-refractivity contribution in [2.45, 2.75) is 38.9 Å². The molecule has 0 fully saturated rings. The van der Waals surface area contributed by atoms with Gasteiger partial charge in [0.15, 0.2) is 11.5 Å². The highest BCUT2D eigenvalue weighted by atomic mass is 16.6. The zero-order chi connectivity index (χ0) is 13.7. The molecule has 0 bridgehead atoms. The molecule has 4 heteroatoms. The van der Waals surface area contributed by atoms with E-state index < -0.39 is 6.10 Å². The molecule has 2 rings (SSSR count). The topological polar surface area (TPSA) is 47.9 Å². The molecule has 0 aliphatic carbocycles. The largest absolute Gasteiger partial charge is 0.486 e. The third kappa shape index (κ3) is 3.39. The lowest BCUT2D eigenvalue weighted by Gasteiger charge is -2.25. The molecule has 19 heavy (non-hydrogen) atoms. The minimum absolute atomic E-state index is 0.169. The first-order chi connectivity index (χ1) is 9.26. The molecular weight excluding hydrogens is 244 g/mol. The van der Waals surface area contributed by atoms with Gasteiger partial charge in [-0.05, 0) is 31.0 Å². The summed E-state index contributed by atoms with van der Waals surface area (Å²) in [4.78, 5) is 0. The van der Waals surface area contributed by atoms with E-state index in [0.29, 0.717) is 25.6 Å². The van der Waals surface area contributed by atoms with Gasteiger partial charge in [0.2, 0.25) is 0 Å². The fourth-order valence-electron chi connectivity index (χ4n) is 2.29. The fraction of sp³-hybridized carbons (Fsp3) is 0.600. The zero-order valence-electron chi connectivity index (χ0n) is 11.6. The summed E-state index contributed by atoms with van der Waals surface area (Å²) in [5, 5.41) is 10.4. The van der Waals surface area contributed by atoms with Crippen molar-refractivity contribution in [3.63, 3.8) is 0 Å². The normalized spacial score (nSPS) is 17.0. The number of aliphatic hydroxyl groups excluding tert-OH is 1. The molecule has 1 aliphatic rings. The van der Waals surface area contributed by atoms with Gasteiger partial charge in [-0.1, -0.05) is 19.4 Å². The van der Waals surface area contributed by atoms with Crippen LogP contribution in [0, 0.1) is 0 Å². The predicted octanol–water partition coefficient (Wildman–Crippen LogP) is 2.70. The number of hydrogen-bond acceptors (Lipinski definition) is 4. The van der Waals surface area contributed by atoms with Gasteiger partial charge in [-0.25, -0.2) is 0 Å². The predicted molar refractivity (Wildman–Crippen MR) is 72.7 cm³/mol. The Hall–Kier alpha value is -1.26. The van der Waals surface area contributed by atoms with Crippen LogP contribution in [0.5, 0.6) is 11.5 Å². The number of ether oxygens (including phenoxy) is 3. The first-order valence-electron chi connectivity index (χ1n) is 6.95. The monoisotopic (exact) mass is 266 g/mol. The molecule has 1 aromatic rings. The van der Waals surface area contributed by atoms with E-state index in [1.54, 1.807) is 0 Å². The molecule has 2 unspecified atom stereocenters. The maximum atomic E-state index is 10.4. The third-order valence-corrected chi connectivity index (χ3v) is 3.21. The van der Waals surface area contributed by atoms with Crippen LogP contribution in [0.4, 0.5) is 0 Å². The summed E-state index contributed by atoms with van der Waals surface area (Å²) in [5.74, 6) is 1.44. The minimum Gasteiger partial charge on any atom is -0.486 e. The van der Waals surface area contributed by atoms with E-state index >= 15 is 0 Å². The molecule has 0 spiro atoms. The molecule has 0 saturated carbocycles. The van der Waals surface area contributed by atoms with Crippen molar-refractivity contribution in [2.24, 2.45) is 0 Å². The van der Waals surface area contributed by atoms with Crippen LogP contribution in [0.3, 0.4) is 0 Å². The number of rotatable bonds is 6.